The molecule has 1 aromatic rings. The van der Waals surface area contributed by atoms with Crippen LogP contribution in [0.15, 0.2) is 12.1 Å². The molecule has 1 N–H and O–H groups in total. The number of amides is 2. The molecule has 0 unspecified atom stereocenters. The molecule has 1 heterocycles. The molecule has 0 aliphatic carbocycles. The first-order chi connectivity index (χ1) is 11.2. The summed E-state index contributed by atoms with van der Waals surface area (Å²) in [6, 6.07) is 3.15. The molecule has 0 bridgehead atoms. The van der Waals surface area contributed by atoms with Crippen LogP contribution in [0, 0.1) is 0 Å². The summed E-state index contributed by atoms with van der Waals surface area (Å²) in [4.78, 5) is 26.3. The van der Waals surface area contributed by atoms with E-state index in [4.69, 9.17) is 21.1 Å². The normalized spacial score (nSPS) is 13.4. The zero-order valence-corrected chi connectivity index (χ0v) is 15.2. The molecule has 1 aromatic carbocycles. The Bertz CT molecular complexity index is 640. The van der Waals surface area contributed by atoms with Crippen LogP contribution in [0.3, 0.4) is 0 Å². The third-order valence-corrected chi connectivity index (χ3v) is 3.64. The van der Waals surface area contributed by atoms with Crippen LogP contribution in [-0.4, -0.2) is 48.6 Å². The first-order valence-electron chi connectivity index (χ1n) is 7.90. The van der Waals surface area contributed by atoms with E-state index in [0.717, 1.165) is 0 Å². The van der Waals surface area contributed by atoms with Gasteiger partial charge in [-0.15, -0.1) is 0 Å². The highest BCUT2D eigenvalue weighted by Crippen LogP contribution is 2.38. The van der Waals surface area contributed by atoms with Crippen molar-refractivity contribution in [2.75, 3.05) is 26.3 Å². The lowest BCUT2D eigenvalue weighted by Gasteiger charge is -2.26. The van der Waals surface area contributed by atoms with Gasteiger partial charge in [-0.05, 0) is 39.8 Å². The van der Waals surface area contributed by atoms with E-state index in [1.807, 2.05) is 27.7 Å². The van der Waals surface area contributed by atoms with Crippen molar-refractivity contribution >= 4 is 23.4 Å². The Balaban J connectivity index is 2.16. The molecule has 0 fully saturated rings. The molecule has 2 rings (SSSR count). The predicted molar refractivity (Wildman–Crippen MR) is 91.9 cm³/mol. The van der Waals surface area contributed by atoms with Gasteiger partial charge in [-0.25, -0.2) is 0 Å². The summed E-state index contributed by atoms with van der Waals surface area (Å²) in [6.07, 6.45) is 0. The Kier molecular flexibility index (Phi) is 5.59. The van der Waals surface area contributed by atoms with Gasteiger partial charge in [-0.1, -0.05) is 11.6 Å². The van der Waals surface area contributed by atoms with Gasteiger partial charge in [0.2, 0.25) is 5.91 Å². The molecule has 2 amide bonds. The Hall–Kier alpha value is -1.95. The summed E-state index contributed by atoms with van der Waals surface area (Å²) in [6.45, 7) is 8.72. The van der Waals surface area contributed by atoms with E-state index in [1.54, 1.807) is 12.1 Å². The van der Waals surface area contributed by atoms with E-state index >= 15 is 0 Å². The van der Waals surface area contributed by atoms with Gasteiger partial charge < -0.3 is 19.7 Å². The molecule has 0 spiro atoms. The van der Waals surface area contributed by atoms with E-state index in [0.29, 0.717) is 41.8 Å². The standard InChI is InChI=1S/C17H23ClN2O4/c1-5-20(10-14(21)19-17(2,3)4)16(22)11-8-12(18)15-13(9-11)23-6-7-24-15/h8-9H,5-7,10H2,1-4H3,(H,19,21). The van der Waals surface area contributed by atoms with Crippen molar-refractivity contribution in [2.24, 2.45) is 0 Å². The largest absolute Gasteiger partial charge is 0.486 e. The SMILES string of the molecule is CCN(CC(=O)NC(C)(C)C)C(=O)c1cc(Cl)c2c(c1)OCCO2. The molecule has 24 heavy (non-hydrogen) atoms. The van der Waals surface area contributed by atoms with Crippen LogP contribution in [0.25, 0.3) is 0 Å². The number of benzene rings is 1. The van der Waals surface area contributed by atoms with Crippen molar-refractivity contribution in [3.05, 3.63) is 22.7 Å². The van der Waals surface area contributed by atoms with Gasteiger partial charge in [0, 0.05) is 17.6 Å². The third kappa shape index (κ3) is 4.54. The Labute approximate surface area is 147 Å². The fraction of sp³-hybridized carbons (Fsp3) is 0.529. The molecule has 7 heteroatoms. The second-order valence-electron chi connectivity index (χ2n) is 6.60. The van der Waals surface area contributed by atoms with Crippen molar-refractivity contribution in [1.82, 2.24) is 10.2 Å². The van der Waals surface area contributed by atoms with E-state index in [9.17, 15) is 9.59 Å². The number of nitrogens with one attached hydrogen (secondary N) is 1. The van der Waals surface area contributed by atoms with Gasteiger partial charge >= 0.3 is 0 Å². The number of hydrogen-bond donors (Lipinski definition) is 1. The predicted octanol–water partition coefficient (Wildman–Crippen LogP) is 2.49. The number of hydrogen-bond acceptors (Lipinski definition) is 4. The summed E-state index contributed by atoms with van der Waals surface area (Å²) < 4.78 is 10.9. The van der Waals surface area contributed by atoms with Crippen molar-refractivity contribution in [1.29, 1.82) is 0 Å². The topological polar surface area (TPSA) is 67.9 Å². The third-order valence-electron chi connectivity index (χ3n) is 3.36. The van der Waals surface area contributed by atoms with Crippen LogP contribution in [-0.2, 0) is 4.79 Å². The zero-order chi connectivity index (χ0) is 17.9. The average molecular weight is 355 g/mol. The summed E-state index contributed by atoms with van der Waals surface area (Å²) in [5, 5.41) is 3.17. The molecule has 0 saturated carbocycles. The van der Waals surface area contributed by atoms with Crippen LogP contribution in [0.2, 0.25) is 5.02 Å². The minimum atomic E-state index is -0.347. The van der Waals surface area contributed by atoms with Crippen LogP contribution in [0.1, 0.15) is 38.1 Å². The van der Waals surface area contributed by atoms with Gasteiger partial charge in [0.15, 0.2) is 11.5 Å². The number of ether oxygens (including phenoxy) is 2. The summed E-state index contributed by atoms with van der Waals surface area (Å²) in [7, 11) is 0. The van der Waals surface area contributed by atoms with Crippen LogP contribution < -0.4 is 14.8 Å². The van der Waals surface area contributed by atoms with Crippen molar-refractivity contribution < 1.29 is 19.1 Å². The van der Waals surface area contributed by atoms with E-state index in [1.165, 1.54) is 4.90 Å². The number of nitrogens with zero attached hydrogens (tertiary/aromatic N) is 1. The molecule has 6 nitrogen and oxygen atoms in total. The van der Waals surface area contributed by atoms with Gasteiger partial charge in [0.25, 0.3) is 5.91 Å². The highest BCUT2D eigenvalue weighted by atomic mass is 35.5. The van der Waals surface area contributed by atoms with Crippen LogP contribution >= 0.6 is 11.6 Å². The number of halogens is 1. The van der Waals surface area contributed by atoms with Crippen LogP contribution in [0.4, 0.5) is 0 Å². The molecule has 0 atom stereocenters. The van der Waals surface area contributed by atoms with Crippen molar-refractivity contribution in [3.63, 3.8) is 0 Å². The van der Waals surface area contributed by atoms with Gasteiger partial charge in [-0.2, -0.15) is 0 Å². The fourth-order valence-electron chi connectivity index (χ4n) is 2.38. The first-order valence-corrected chi connectivity index (χ1v) is 8.28. The molecular weight excluding hydrogens is 332 g/mol. The summed E-state index contributed by atoms with van der Waals surface area (Å²) in [5.41, 5.74) is 0.0227. The molecule has 132 valence electrons. The van der Waals surface area contributed by atoms with E-state index in [-0.39, 0.29) is 23.9 Å². The number of fused-ring (bicyclic) bond motifs is 1. The minimum Gasteiger partial charge on any atom is -0.486 e. The number of carbonyl (C=O) groups is 2. The Morgan fingerprint density at radius 1 is 1.25 bits per heavy atom. The second kappa shape index (κ2) is 7.30. The van der Waals surface area contributed by atoms with E-state index < -0.39 is 0 Å². The molecule has 1 aliphatic heterocycles. The van der Waals surface area contributed by atoms with E-state index in [2.05, 4.69) is 5.32 Å². The fourth-order valence-corrected chi connectivity index (χ4v) is 2.64. The first kappa shape index (κ1) is 18.4. The second-order valence-corrected chi connectivity index (χ2v) is 7.01. The maximum absolute atomic E-state index is 12.7. The van der Waals surface area contributed by atoms with Gasteiger partial charge in [-0.3, -0.25) is 9.59 Å². The highest BCUT2D eigenvalue weighted by Gasteiger charge is 2.24. The van der Waals surface area contributed by atoms with Gasteiger partial charge in [0.05, 0.1) is 11.6 Å². The van der Waals surface area contributed by atoms with Crippen molar-refractivity contribution in [3.8, 4) is 11.5 Å². The Morgan fingerprint density at radius 3 is 2.54 bits per heavy atom. The van der Waals surface area contributed by atoms with Crippen molar-refractivity contribution in [2.45, 2.75) is 33.2 Å². The lowest BCUT2D eigenvalue weighted by Crippen LogP contribution is -2.47. The molecular formula is C17H23ClN2O4. The monoisotopic (exact) mass is 354 g/mol. The molecule has 0 aromatic heterocycles. The molecule has 0 saturated heterocycles. The minimum absolute atomic E-state index is 0.0152. The molecule has 0 radical (unpaired) electrons. The number of carbonyl (C=O) groups excluding carboxylic acids is 2. The van der Waals surface area contributed by atoms with Crippen LogP contribution in [0.5, 0.6) is 11.5 Å². The smallest absolute Gasteiger partial charge is 0.254 e. The van der Waals surface area contributed by atoms with Gasteiger partial charge in [0.1, 0.15) is 13.2 Å². The lowest BCUT2D eigenvalue weighted by atomic mass is 10.1. The average Bonchev–Trinajstić information content (AvgIpc) is 2.50. The quantitative estimate of drug-likeness (QED) is 0.902. The molecule has 1 aliphatic rings. The maximum atomic E-state index is 12.7. The zero-order valence-electron chi connectivity index (χ0n) is 14.4. The highest BCUT2D eigenvalue weighted by molar-refractivity contribution is 6.32. The number of likely N-dealkylation sites (N-methyl/N-ethyl adjacent to an activating group) is 1. The number of rotatable bonds is 4. The summed E-state index contributed by atoms with van der Waals surface area (Å²) >= 11 is 6.18. The lowest BCUT2D eigenvalue weighted by molar-refractivity contribution is -0.123. The Morgan fingerprint density at radius 2 is 1.92 bits per heavy atom. The maximum Gasteiger partial charge on any atom is 0.254 e. The summed E-state index contributed by atoms with van der Waals surface area (Å²) in [5.74, 6) is 0.419.